The Hall–Kier alpha value is -0.280. The van der Waals surface area contributed by atoms with Crippen LogP contribution in [0.4, 0.5) is 0 Å². The molecule has 2 atom stereocenters. The Morgan fingerprint density at radius 3 is 2.64 bits per heavy atom. The zero-order chi connectivity index (χ0) is 7.56. The molecular weight excluding hydrogens is 166 g/mol. The van der Waals surface area contributed by atoms with E-state index in [0.29, 0.717) is 6.04 Å². The van der Waals surface area contributed by atoms with Crippen LogP contribution in [0.3, 0.4) is 0 Å². The third-order valence-electron chi connectivity index (χ3n) is 1.97. The van der Waals surface area contributed by atoms with E-state index in [9.17, 15) is 4.79 Å². The van der Waals surface area contributed by atoms with E-state index in [1.54, 1.807) is 0 Å². The van der Waals surface area contributed by atoms with Gasteiger partial charge in [-0.3, -0.25) is 4.79 Å². The fourth-order valence-corrected chi connectivity index (χ4v) is 1.36. The lowest BCUT2D eigenvalue weighted by Gasteiger charge is -2.24. The first-order chi connectivity index (χ1) is 4.70. The second kappa shape index (κ2) is 4.57. The maximum Gasteiger partial charge on any atom is 0.306 e. The number of hydrogen-bond acceptors (Lipinski definition) is 2. The summed E-state index contributed by atoms with van der Waals surface area (Å²) in [5.74, 6) is -0.760. The lowest BCUT2D eigenvalue weighted by Crippen LogP contribution is -2.38. The van der Waals surface area contributed by atoms with Gasteiger partial charge in [0, 0.05) is 6.04 Å². The first-order valence-electron chi connectivity index (χ1n) is 3.66. The minimum Gasteiger partial charge on any atom is -0.481 e. The van der Waals surface area contributed by atoms with Gasteiger partial charge in [-0.25, -0.2) is 0 Å². The van der Waals surface area contributed by atoms with E-state index in [4.69, 9.17) is 5.11 Å². The van der Waals surface area contributed by atoms with Crippen LogP contribution in [0.15, 0.2) is 0 Å². The Morgan fingerprint density at radius 2 is 2.27 bits per heavy atom. The van der Waals surface area contributed by atoms with Crippen LogP contribution in [0.25, 0.3) is 0 Å². The molecule has 11 heavy (non-hydrogen) atoms. The molecule has 1 aliphatic rings. The normalized spacial score (nSPS) is 30.6. The molecule has 4 heteroatoms. The molecule has 2 unspecified atom stereocenters. The zero-order valence-electron chi connectivity index (χ0n) is 6.54. The topological polar surface area (TPSA) is 49.3 Å². The van der Waals surface area contributed by atoms with Gasteiger partial charge in [0.05, 0.1) is 5.92 Å². The molecule has 2 N–H and O–H groups in total. The van der Waals surface area contributed by atoms with Crippen molar-refractivity contribution >= 4 is 18.4 Å². The second-order valence-electron chi connectivity index (χ2n) is 2.91. The predicted molar refractivity (Wildman–Crippen MR) is 45.1 cm³/mol. The summed E-state index contributed by atoms with van der Waals surface area (Å²) >= 11 is 0. The fourth-order valence-electron chi connectivity index (χ4n) is 1.36. The molecule has 1 saturated heterocycles. The van der Waals surface area contributed by atoms with Crippen molar-refractivity contribution in [2.75, 3.05) is 6.54 Å². The second-order valence-corrected chi connectivity index (χ2v) is 2.91. The number of hydrogen-bond donors (Lipinski definition) is 2. The molecule has 0 saturated carbocycles. The number of carboxylic acid groups (broad SMARTS) is 1. The first kappa shape index (κ1) is 10.7. The van der Waals surface area contributed by atoms with Gasteiger partial charge in [0.2, 0.25) is 0 Å². The molecule has 0 bridgehead atoms. The smallest absolute Gasteiger partial charge is 0.306 e. The fraction of sp³-hybridized carbons (Fsp3) is 0.857. The van der Waals surface area contributed by atoms with Gasteiger partial charge >= 0.3 is 5.97 Å². The molecule has 0 aromatic rings. The molecule has 0 radical (unpaired) electrons. The predicted octanol–water partition coefficient (Wildman–Crippen LogP) is 0.881. The minimum absolute atomic E-state index is 0. The largest absolute Gasteiger partial charge is 0.481 e. The molecule has 3 nitrogen and oxygen atoms in total. The van der Waals surface area contributed by atoms with E-state index in [-0.39, 0.29) is 18.3 Å². The van der Waals surface area contributed by atoms with Gasteiger partial charge in [-0.1, -0.05) is 0 Å². The third kappa shape index (κ3) is 3.08. The molecule has 0 amide bonds. The molecule has 0 aromatic heterocycles. The van der Waals surface area contributed by atoms with Crippen molar-refractivity contribution in [2.45, 2.75) is 25.8 Å². The molecule has 0 spiro atoms. The molecule has 1 aliphatic heterocycles. The minimum atomic E-state index is -0.645. The summed E-state index contributed by atoms with van der Waals surface area (Å²) in [6.07, 6.45) is 1.55. The average Bonchev–Trinajstić information content (AvgIpc) is 1.88. The first-order valence-corrected chi connectivity index (χ1v) is 3.66. The highest BCUT2D eigenvalue weighted by atomic mass is 35.5. The number of carbonyl (C=O) groups is 1. The van der Waals surface area contributed by atoms with Crippen molar-refractivity contribution in [3.05, 3.63) is 0 Å². The Kier molecular flexibility index (Phi) is 4.45. The van der Waals surface area contributed by atoms with Gasteiger partial charge < -0.3 is 10.4 Å². The van der Waals surface area contributed by atoms with Crippen molar-refractivity contribution < 1.29 is 9.90 Å². The quantitative estimate of drug-likeness (QED) is 0.629. The van der Waals surface area contributed by atoms with Gasteiger partial charge in [-0.05, 0) is 26.3 Å². The van der Waals surface area contributed by atoms with Crippen molar-refractivity contribution in [3.8, 4) is 0 Å². The molecule has 0 aliphatic carbocycles. The number of nitrogens with one attached hydrogen (secondary N) is 1. The Labute approximate surface area is 72.6 Å². The maximum atomic E-state index is 10.5. The number of carboxylic acids is 1. The summed E-state index contributed by atoms with van der Waals surface area (Å²) in [4.78, 5) is 10.5. The van der Waals surface area contributed by atoms with E-state index in [1.807, 2.05) is 6.92 Å². The molecule has 1 heterocycles. The van der Waals surface area contributed by atoms with Gasteiger partial charge in [-0.2, -0.15) is 0 Å². The van der Waals surface area contributed by atoms with E-state index in [1.165, 1.54) is 0 Å². The van der Waals surface area contributed by atoms with E-state index < -0.39 is 5.97 Å². The van der Waals surface area contributed by atoms with E-state index in [2.05, 4.69) is 5.32 Å². The van der Waals surface area contributed by atoms with Gasteiger partial charge in [0.1, 0.15) is 0 Å². The highest BCUT2D eigenvalue weighted by molar-refractivity contribution is 5.85. The molecular formula is C7H14ClNO2. The molecule has 0 aromatic carbocycles. The van der Waals surface area contributed by atoms with Crippen LogP contribution in [0.1, 0.15) is 19.8 Å². The number of aliphatic carboxylic acids is 1. The zero-order valence-corrected chi connectivity index (χ0v) is 7.36. The Balaban J connectivity index is 0.000001000. The summed E-state index contributed by atoms with van der Waals surface area (Å²) in [6, 6.07) is 0.370. The van der Waals surface area contributed by atoms with E-state index >= 15 is 0 Å². The Morgan fingerprint density at radius 1 is 1.64 bits per heavy atom. The van der Waals surface area contributed by atoms with Crippen molar-refractivity contribution in [1.29, 1.82) is 0 Å². The molecule has 1 rings (SSSR count). The SMILES string of the molecule is CC1CC(C(=O)O)CCN1.Cl. The number of halogens is 1. The summed E-state index contributed by atoms with van der Waals surface area (Å²) in [5, 5.41) is 11.8. The Bertz CT molecular complexity index is 140. The standard InChI is InChI=1S/C7H13NO2.ClH/c1-5-4-6(7(9)10)2-3-8-5;/h5-6,8H,2-4H2,1H3,(H,9,10);1H. The van der Waals surface area contributed by atoms with Crippen LogP contribution in [-0.4, -0.2) is 23.7 Å². The maximum absolute atomic E-state index is 10.5. The average molecular weight is 180 g/mol. The van der Waals surface area contributed by atoms with Gasteiger partial charge in [0.25, 0.3) is 0 Å². The summed E-state index contributed by atoms with van der Waals surface area (Å²) in [6.45, 7) is 2.87. The van der Waals surface area contributed by atoms with Crippen LogP contribution in [0.5, 0.6) is 0 Å². The lowest BCUT2D eigenvalue weighted by atomic mass is 9.94. The van der Waals surface area contributed by atoms with E-state index in [0.717, 1.165) is 19.4 Å². The highest BCUT2D eigenvalue weighted by Crippen LogP contribution is 2.15. The lowest BCUT2D eigenvalue weighted by molar-refractivity contribution is -0.142. The number of rotatable bonds is 1. The van der Waals surface area contributed by atoms with Crippen molar-refractivity contribution in [2.24, 2.45) is 5.92 Å². The summed E-state index contributed by atoms with van der Waals surface area (Å²) < 4.78 is 0. The van der Waals surface area contributed by atoms with Crippen LogP contribution >= 0.6 is 12.4 Å². The van der Waals surface area contributed by atoms with Crippen LogP contribution in [0.2, 0.25) is 0 Å². The van der Waals surface area contributed by atoms with Crippen molar-refractivity contribution in [1.82, 2.24) is 5.32 Å². The van der Waals surface area contributed by atoms with Crippen molar-refractivity contribution in [3.63, 3.8) is 0 Å². The molecule has 66 valence electrons. The van der Waals surface area contributed by atoms with Crippen LogP contribution in [0, 0.1) is 5.92 Å². The third-order valence-corrected chi connectivity index (χ3v) is 1.97. The van der Waals surface area contributed by atoms with Crippen LogP contribution in [-0.2, 0) is 4.79 Å². The van der Waals surface area contributed by atoms with Crippen LogP contribution < -0.4 is 5.32 Å². The highest BCUT2D eigenvalue weighted by Gasteiger charge is 2.23. The monoisotopic (exact) mass is 179 g/mol. The van der Waals surface area contributed by atoms with Gasteiger partial charge in [-0.15, -0.1) is 12.4 Å². The van der Waals surface area contributed by atoms with Gasteiger partial charge in [0.15, 0.2) is 0 Å². The molecule has 1 fully saturated rings. The summed E-state index contributed by atoms with van der Waals surface area (Å²) in [7, 11) is 0. The summed E-state index contributed by atoms with van der Waals surface area (Å²) in [5.41, 5.74) is 0. The number of piperidine rings is 1.